The summed E-state index contributed by atoms with van der Waals surface area (Å²) in [5.74, 6) is 1.55. The Hall–Kier alpha value is -1.55. The summed E-state index contributed by atoms with van der Waals surface area (Å²) in [7, 11) is 0. The van der Waals surface area contributed by atoms with Crippen molar-refractivity contribution in [2.24, 2.45) is 17.3 Å². The van der Waals surface area contributed by atoms with Crippen LogP contribution in [0.2, 0.25) is 0 Å². The third-order valence-corrected chi connectivity index (χ3v) is 5.10. The molecule has 0 aromatic heterocycles. The molecule has 4 nitrogen and oxygen atoms in total. The molecule has 2 N–H and O–H groups in total. The molecule has 0 radical (unpaired) electrons. The van der Waals surface area contributed by atoms with E-state index >= 15 is 0 Å². The molecule has 0 saturated carbocycles. The van der Waals surface area contributed by atoms with Crippen LogP contribution in [-0.4, -0.2) is 31.6 Å². The minimum Gasteiger partial charge on any atom is -0.491 e. The monoisotopic (exact) mass is 332 g/mol. The van der Waals surface area contributed by atoms with Gasteiger partial charge in [0.15, 0.2) is 0 Å². The molecule has 1 aromatic carbocycles. The first-order valence-corrected chi connectivity index (χ1v) is 8.90. The van der Waals surface area contributed by atoms with E-state index in [1.165, 1.54) is 0 Å². The third kappa shape index (κ3) is 4.50. The molecule has 24 heavy (non-hydrogen) atoms. The Balaban J connectivity index is 2.02. The summed E-state index contributed by atoms with van der Waals surface area (Å²) in [4.78, 5) is 12.6. The number of para-hydroxylation sites is 1. The van der Waals surface area contributed by atoms with Gasteiger partial charge in [-0.3, -0.25) is 4.79 Å². The third-order valence-electron chi connectivity index (χ3n) is 5.10. The molecule has 1 aliphatic rings. The van der Waals surface area contributed by atoms with Crippen LogP contribution in [0.1, 0.15) is 38.8 Å². The number of carbonyl (C=O) groups is 1. The fraction of sp³-hybridized carbons (Fsp3) is 0.650. The van der Waals surface area contributed by atoms with Crippen molar-refractivity contribution in [2.45, 2.75) is 47.6 Å². The molecule has 1 aromatic rings. The van der Waals surface area contributed by atoms with Gasteiger partial charge in [-0.25, -0.2) is 0 Å². The molecule has 0 aliphatic carbocycles. The molecule has 0 spiro atoms. The first-order valence-electron chi connectivity index (χ1n) is 8.90. The molecule has 1 saturated heterocycles. The number of hydrogen-bond donors (Lipinski definition) is 2. The summed E-state index contributed by atoms with van der Waals surface area (Å²) in [5, 5.41) is 6.46. The predicted octanol–water partition coefficient (Wildman–Crippen LogP) is 3.07. The van der Waals surface area contributed by atoms with Crippen LogP contribution in [0.15, 0.2) is 18.2 Å². The average molecular weight is 332 g/mol. The number of hydrogen-bond acceptors (Lipinski definition) is 3. The van der Waals surface area contributed by atoms with Crippen LogP contribution in [-0.2, 0) is 4.79 Å². The molecular formula is C20H32N2O2. The highest BCUT2D eigenvalue weighted by Crippen LogP contribution is 2.26. The number of ether oxygens (including phenoxy) is 1. The Morgan fingerprint density at radius 1 is 1.29 bits per heavy atom. The van der Waals surface area contributed by atoms with Crippen LogP contribution in [0.4, 0.5) is 0 Å². The summed E-state index contributed by atoms with van der Waals surface area (Å²) in [6.45, 7) is 14.9. The van der Waals surface area contributed by atoms with E-state index in [1.54, 1.807) is 0 Å². The van der Waals surface area contributed by atoms with Crippen LogP contribution < -0.4 is 15.4 Å². The fourth-order valence-electron chi connectivity index (χ4n) is 2.88. The Labute approximate surface area is 146 Å². The molecule has 1 amide bonds. The summed E-state index contributed by atoms with van der Waals surface area (Å²) in [6.07, 6.45) is 0. The molecule has 2 atom stereocenters. The van der Waals surface area contributed by atoms with Crippen molar-refractivity contribution in [1.29, 1.82) is 0 Å². The van der Waals surface area contributed by atoms with Gasteiger partial charge in [-0.1, -0.05) is 45.9 Å². The summed E-state index contributed by atoms with van der Waals surface area (Å²) < 4.78 is 6.11. The lowest BCUT2D eigenvalue weighted by Crippen LogP contribution is -2.54. The van der Waals surface area contributed by atoms with E-state index in [1.807, 2.05) is 13.0 Å². The van der Waals surface area contributed by atoms with Crippen LogP contribution >= 0.6 is 0 Å². The summed E-state index contributed by atoms with van der Waals surface area (Å²) in [5.41, 5.74) is 2.19. The lowest BCUT2D eigenvalue weighted by Gasteiger charge is -2.36. The number of amides is 1. The number of rotatable bonds is 6. The Morgan fingerprint density at radius 2 is 1.88 bits per heavy atom. The van der Waals surface area contributed by atoms with Gasteiger partial charge in [-0.2, -0.15) is 0 Å². The Bertz CT molecular complexity index is 553. The molecule has 134 valence electrons. The molecule has 2 unspecified atom stereocenters. The number of aryl methyl sites for hydroxylation is 2. The molecule has 4 heteroatoms. The van der Waals surface area contributed by atoms with Crippen molar-refractivity contribution in [2.75, 3.05) is 19.7 Å². The van der Waals surface area contributed by atoms with Gasteiger partial charge in [0.1, 0.15) is 12.4 Å². The highest BCUT2D eigenvalue weighted by Gasteiger charge is 2.33. The normalized spacial score (nSPS) is 17.8. The molecule has 1 heterocycles. The number of benzene rings is 1. The van der Waals surface area contributed by atoms with Crippen molar-refractivity contribution < 1.29 is 9.53 Å². The molecule has 1 fully saturated rings. The maximum Gasteiger partial charge on any atom is 0.223 e. The second-order valence-corrected chi connectivity index (χ2v) is 8.17. The van der Waals surface area contributed by atoms with Gasteiger partial charge in [0, 0.05) is 5.92 Å². The zero-order valence-electron chi connectivity index (χ0n) is 15.9. The van der Waals surface area contributed by atoms with E-state index in [-0.39, 0.29) is 23.3 Å². The van der Waals surface area contributed by atoms with Gasteiger partial charge in [0.25, 0.3) is 0 Å². The van der Waals surface area contributed by atoms with E-state index in [9.17, 15) is 4.79 Å². The van der Waals surface area contributed by atoms with Gasteiger partial charge in [0.05, 0.1) is 6.04 Å². The largest absolute Gasteiger partial charge is 0.491 e. The standard InChI is InChI=1S/C20H32N2O2/c1-13-8-7-9-14(2)18(13)24-12-17(20(4,5)6)22-19(23)15(3)16-10-21-11-16/h7-9,15-17,21H,10-12H2,1-6H3,(H,22,23). The van der Waals surface area contributed by atoms with Crippen LogP contribution in [0, 0.1) is 31.1 Å². The zero-order valence-corrected chi connectivity index (χ0v) is 15.9. The van der Waals surface area contributed by atoms with E-state index in [0.717, 1.165) is 30.0 Å². The van der Waals surface area contributed by atoms with Crippen molar-refractivity contribution in [3.63, 3.8) is 0 Å². The zero-order chi connectivity index (χ0) is 17.9. The van der Waals surface area contributed by atoms with Gasteiger partial charge in [-0.05, 0) is 49.4 Å². The first-order chi connectivity index (χ1) is 11.2. The molecule has 0 bridgehead atoms. The Kier molecular flexibility index (Phi) is 5.92. The summed E-state index contributed by atoms with van der Waals surface area (Å²) in [6, 6.07) is 6.12. The maximum absolute atomic E-state index is 12.6. The SMILES string of the molecule is Cc1cccc(C)c1OCC(NC(=O)C(C)C1CNC1)C(C)(C)C. The van der Waals surface area contributed by atoms with Gasteiger partial charge < -0.3 is 15.4 Å². The van der Waals surface area contributed by atoms with E-state index in [4.69, 9.17) is 4.74 Å². The predicted molar refractivity (Wildman–Crippen MR) is 98.3 cm³/mol. The molecule has 1 aliphatic heterocycles. The average Bonchev–Trinajstić information content (AvgIpc) is 2.42. The molecular weight excluding hydrogens is 300 g/mol. The van der Waals surface area contributed by atoms with Gasteiger partial charge >= 0.3 is 0 Å². The fourth-order valence-corrected chi connectivity index (χ4v) is 2.88. The van der Waals surface area contributed by atoms with Crippen LogP contribution in [0.25, 0.3) is 0 Å². The highest BCUT2D eigenvalue weighted by molar-refractivity contribution is 5.79. The van der Waals surface area contributed by atoms with Crippen LogP contribution in [0.3, 0.4) is 0 Å². The number of carbonyl (C=O) groups excluding carboxylic acids is 1. The van der Waals surface area contributed by atoms with E-state index < -0.39 is 0 Å². The maximum atomic E-state index is 12.6. The molecule has 2 rings (SSSR count). The second kappa shape index (κ2) is 7.56. The van der Waals surface area contributed by atoms with Crippen molar-refractivity contribution in [1.82, 2.24) is 10.6 Å². The van der Waals surface area contributed by atoms with Crippen molar-refractivity contribution in [3.05, 3.63) is 29.3 Å². The van der Waals surface area contributed by atoms with Crippen molar-refractivity contribution >= 4 is 5.91 Å². The minimum absolute atomic E-state index is 0.0282. The second-order valence-electron chi connectivity index (χ2n) is 8.17. The first kappa shape index (κ1) is 18.8. The number of nitrogens with one attached hydrogen (secondary N) is 2. The topological polar surface area (TPSA) is 50.4 Å². The van der Waals surface area contributed by atoms with Crippen molar-refractivity contribution in [3.8, 4) is 5.75 Å². The van der Waals surface area contributed by atoms with E-state index in [2.05, 4.69) is 57.4 Å². The Morgan fingerprint density at radius 3 is 2.33 bits per heavy atom. The lowest BCUT2D eigenvalue weighted by molar-refractivity contribution is -0.128. The lowest BCUT2D eigenvalue weighted by atomic mass is 9.84. The van der Waals surface area contributed by atoms with Gasteiger partial charge in [-0.15, -0.1) is 0 Å². The summed E-state index contributed by atoms with van der Waals surface area (Å²) >= 11 is 0. The quantitative estimate of drug-likeness (QED) is 0.842. The van der Waals surface area contributed by atoms with E-state index in [0.29, 0.717) is 12.5 Å². The minimum atomic E-state index is -0.0656. The van der Waals surface area contributed by atoms with Gasteiger partial charge in [0.2, 0.25) is 5.91 Å². The van der Waals surface area contributed by atoms with Crippen LogP contribution in [0.5, 0.6) is 5.75 Å². The highest BCUT2D eigenvalue weighted by atomic mass is 16.5. The smallest absolute Gasteiger partial charge is 0.223 e.